The van der Waals surface area contributed by atoms with Crippen LogP contribution in [0.4, 0.5) is 0 Å². The standard InChI is InChI=1S/C32H18N3O.C14H11N2.Ir/c1-34-26-15-5-3-13-24(26)33-32(34)23-12-7-10-20-21-16-17-27-28(31(21)36-30(20)23)22-11-6-9-19-18-8-2-4-14-25(18)35(27)29(19)22;1-15-11-16(12-7-3-2-4-8-12)14-10-6-5-9-13(14)15;/h2-11,13-17H,1H3;2-7,9-10H,1H3;/q2*-1;+3. The molecule has 0 fully saturated rings. The van der Waals surface area contributed by atoms with E-state index in [1.54, 1.807) is 0 Å². The van der Waals surface area contributed by atoms with Crippen LogP contribution >= 0.6 is 0 Å². The van der Waals surface area contributed by atoms with Crippen molar-refractivity contribution in [2.75, 3.05) is 0 Å². The van der Waals surface area contributed by atoms with E-state index in [2.05, 4.69) is 113 Å². The zero-order valence-corrected chi connectivity index (χ0v) is 31.2. The van der Waals surface area contributed by atoms with Crippen LogP contribution in [0.25, 0.3) is 99.2 Å². The average molecular weight is 860 g/mol. The van der Waals surface area contributed by atoms with Gasteiger partial charge in [0.05, 0.1) is 62.5 Å². The van der Waals surface area contributed by atoms with Gasteiger partial charge in [-0.1, -0.05) is 95.5 Å². The molecule has 0 unspecified atom stereocenters. The Kier molecular flexibility index (Phi) is 7.06. The smallest absolute Gasteiger partial charge is 0.500 e. The molecule has 0 atom stereocenters. The van der Waals surface area contributed by atoms with Crippen molar-refractivity contribution in [1.82, 2.24) is 18.5 Å². The molecule has 5 aromatic heterocycles. The van der Waals surface area contributed by atoms with Gasteiger partial charge in [0.1, 0.15) is 5.58 Å². The van der Waals surface area contributed by atoms with Crippen LogP contribution in [0.2, 0.25) is 0 Å². The molecule has 0 bridgehead atoms. The van der Waals surface area contributed by atoms with Crippen molar-refractivity contribution < 1.29 is 29.1 Å². The van der Waals surface area contributed by atoms with E-state index in [9.17, 15) is 0 Å². The Labute approximate surface area is 317 Å². The van der Waals surface area contributed by atoms with Gasteiger partial charge < -0.3 is 22.5 Å². The van der Waals surface area contributed by atoms with Crippen LogP contribution in [0, 0.1) is 18.5 Å². The monoisotopic (exact) mass is 860 g/mol. The quantitative estimate of drug-likeness (QED) is 0.128. The van der Waals surface area contributed by atoms with E-state index in [1.165, 1.54) is 38.2 Å². The first-order chi connectivity index (χ1) is 25.7. The zero-order valence-electron chi connectivity index (χ0n) is 28.8. The van der Waals surface area contributed by atoms with Crippen LogP contribution in [0.5, 0.6) is 0 Å². The van der Waals surface area contributed by atoms with Gasteiger partial charge in [-0.3, -0.25) is 4.98 Å². The summed E-state index contributed by atoms with van der Waals surface area (Å²) in [6.07, 6.45) is 3.27. The molecule has 6 nitrogen and oxygen atoms in total. The van der Waals surface area contributed by atoms with Crippen molar-refractivity contribution in [3.8, 4) is 17.1 Å². The van der Waals surface area contributed by atoms with Crippen LogP contribution in [-0.4, -0.2) is 18.5 Å². The van der Waals surface area contributed by atoms with Crippen LogP contribution in [0.1, 0.15) is 0 Å². The molecule has 0 amide bonds. The van der Waals surface area contributed by atoms with Crippen LogP contribution < -0.4 is 4.57 Å². The maximum absolute atomic E-state index is 6.78. The van der Waals surface area contributed by atoms with E-state index in [-0.39, 0.29) is 20.1 Å². The molecule has 12 aromatic rings. The number of aromatic nitrogens is 5. The summed E-state index contributed by atoms with van der Waals surface area (Å²) in [6, 6.07) is 54.8. The van der Waals surface area contributed by atoms with Crippen molar-refractivity contribution in [3.63, 3.8) is 0 Å². The second-order valence-electron chi connectivity index (χ2n) is 13.3. The summed E-state index contributed by atoms with van der Waals surface area (Å²) in [5.41, 5.74) is 11.7. The summed E-state index contributed by atoms with van der Waals surface area (Å²) in [7, 11) is 4.05. The van der Waals surface area contributed by atoms with E-state index in [0.29, 0.717) is 0 Å². The van der Waals surface area contributed by atoms with Crippen molar-refractivity contribution in [1.29, 1.82) is 0 Å². The fourth-order valence-electron chi connectivity index (χ4n) is 8.15. The largest absolute Gasteiger partial charge is 3.00 e. The van der Waals surface area contributed by atoms with Gasteiger partial charge in [-0.15, -0.1) is 18.2 Å². The van der Waals surface area contributed by atoms with Gasteiger partial charge in [0.2, 0.25) is 6.33 Å². The van der Waals surface area contributed by atoms with Gasteiger partial charge in [-0.05, 0) is 24.3 Å². The fourth-order valence-corrected chi connectivity index (χ4v) is 8.15. The molecule has 0 saturated heterocycles. The first-order valence-corrected chi connectivity index (χ1v) is 17.4. The Morgan fingerprint density at radius 2 is 1.34 bits per heavy atom. The fraction of sp³-hybridized carbons (Fsp3) is 0.0435. The minimum absolute atomic E-state index is 0. The molecule has 0 aliphatic rings. The molecule has 0 spiro atoms. The summed E-state index contributed by atoms with van der Waals surface area (Å²) in [5.74, 6) is 0.858. The van der Waals surface area contributed by atoms with Gasteiger partial charge in [0.15, 0.2) is 0 Å². The third kappa shape index (κ3) is 4.48. The average Bonchev–Trinajstić information content (AvgIpc) is 4.00. The molecule has 0 saturated carbocycles. The van der Waals surface area contributed by atoms with Crippen molar-refractivity contribution in [3.05, 3.63) is 158 Å². The van der Waals surface area contributed by atoms with Gasteiger partial charge in [0, 0.05) is 28.6 Å². The Morgan fingerprint density at radius 3 is 2.19 bits per heavy atom. The maximum atomic E-state index is 6.78. The molecule has 0 aliphatic carbocycles. The predicted molar refractivity (Wildman–Crippen MR) is 209 cm³/mol. The number of rotatable bonds is 2. The number of imidazole rings is 2. The number of furan rings is 1. The first kappa shape index (κ1) is 31.5. The third-order valence-corrected chi connectivity index (χ3v) is 10.5. The number of hydrogen-bond donors (Lipinski definition) is 0. The maximum Gasteiger partial charge on any atom is 3.00 e. The molecule has 0 N–H and O–H groups in total. The summed E-state index contributed by atoms with van der Waals surface area (Å²) < 4.78 is 15.3. The molecule has 5 heterocycles. The van der Waals surface area contributed by atoms with E-state index in [4.69, 9.17) is 9.40 Å². The summed E-state index contributed by atoms with van der Waals surface area (Å²) in [6.45, 7) is 0. The SMILES string of the molecule is C[n+]1[c-]n(-c2[c-]cccc2)c2ccccc21.Cn1c(-c2[c-]ccc3c2oc2c3ccc3c2c2cccc4c5ccccc5n3c42)nc2ccccc21.[Ir+3]. The molecular formula is C46H29IrN5O+. The topological polar surface area (TPSA) is 44.2 Å². The molecular weight excluding hydrogens is 831 g/mol. The van der Waals surface area contributed by atoms with Crippen LogP contribution in [0.15, 0.2) is 144 Å². The van der Waals surface area contributed by atoms with Crippen molar-refractivity contribution in [2.45, 2.75) is 0 Å². The minimum atomic E-state index is 0. The predicted octanol–water partition coefficient (Wildman–Crippen LogP) is 10.1. The molecule has 252 valence electrons. The minimum Gasteiger partial charge on any atom is -0.500 e. The number of fused-ring (bicyclic) bond motifs is 12. The van der Waals surface area contributed by atoms with E-state index in [0.717, 1.165) is 61.0 Å². The Bertz CT molecular complexity index is 3330. The number of aryl methyl sites for hydroxylation is 2. The number of nitrogens with zero attached hydrogens (tertiary/aromatic N) is 5. The summed E-state index contributed by atoms with van der Waals surface area (Å²) in [4.78, 5) is 4.93. The third-order valence-electron chi connectivity index (χ3n) is 10.5. The van der Waals surface area contributed by atoms with E-state index in [1.807, 2.05) is 76.8 Å². The Hall–Kier alpha value is -6.27. The molecule has 7 heteroatoms. The van der Waals surface area contributed by atoms with Crippen LogP contribution in [0.3, 0.4) is 0 Å². The zero-order chi connectivity index (χ0) is 34.5. The summed E-state index contributed by atoms with van der Waals surface area (Å²) in [5, 5.41) is 7.13. The second-order valence-corrected chi connectivity index (χ2v) is 13.3. The molecule has 53 heavy (non-hydrogen) atoms. The number of para-hydroxylation sites is 7. The summed E-state index contributed by atoms with van der Waals surface area (Å²) >= 11 is 0. The number of hydrogen-bond acceptors (Lipinski definition) is 2. The van der Waals surface area contributed by atoms with Gasteiger partial charge in [-0.2, -0.15) is 30.3 Å². The molecule has 12 rings (SSSR count). The second kappa shape index (κ2) is 11.9. The van der Waals surface area contributed by atoms with Gasteiger partial charge >= 0.3 is 20.1 Å². The van der Waals surface area contributed by atoms with E-state index >= 15 is 0 Å². The first-order valence-electron chi connectivity index (χ1n) is 17.4. The van der Waals surface area contributed by atoms with Crippen molar-refractivity contribution in [2.24, 2.45) is 14.1 Å². The molecule has 0 radical (unpaired) electrons. The van der Waals surface area contributed by atoms with Crippen LogP contribution in [-0.2, 0) is 34.2 Å². The van der Waals surface area contributed by atoms with E-state index < -0.39 is 0 Å². The molecule has 7 aromatic carbocycles. The normalized spacial score (nSPS) is 11.8. The molecule has 0 aliphatic heterocycles. The van der Waals surface area contributed by atoms with Gasteiger partial charge in [0.25, 0.3) is 0 Å². The Balaban J connectivity index is 0.000000173. The Morgan fingerprint density at radius 1 is 0.604 bits per heavy atom. The van der Waals surface area contributed by atoms with Crippen molar-refractivity contribution >= 4 is 82.1 Å². The van der Waals surface area contributed by atoms with Gasteiger partial charge in [-0.25, -0.2) is 0 Å². The number of benzene rings is 7.